The van der Waals surface area contributed by atoms with Crippen molar-refractivity contribution in [1.82, 2.24) is 4.90 Å². The number of amides is 2. The summed E-state index contributed by atoms with van der Waals surface area (Å²) in [4.78, 5) is 29.3. The summed E-state index contributed by atoms with van der Waals surface area (Å²) in [5.41, 5.74) is 2.43. The zero-order valence-electron chi connectivity index (χ0n) is 17.6. The minimum Gasteiger partial charge on any atom is -0.497 e. The molecule has 7 heteroatoms. The van der Waals surface area contributed by atoms with Crippen LogP contribution in [0.5, 0.6) is 5.75 Å². The van der Waals surface area contributed by atoms with Crippen molar-refractivity contribution >= 4 is 33.8 Å². The van der Waals surface area contributed by atoms with E-state index in [0.717, 1.165) is 50.1 Å². The second-order valence-corrected chi connectivity index (χ2v) is 9.38. The number of benzene rings is 1. The number of fused-ring (bicyclic) bond motifs is 1. The number of likely N-dealkylation sites (tertiary alicyclic amines) is 1. The molecule has 1 aromatic carbocycles. The van der Waals surface area contributed by atoms with Crippen molar-refractivity contribution in [2.45, 2.75) is 39.0 Å². The third-order valence-electron chi connectivity index (χ3n) is 5.86. The molecule has 2 aromatic rings. The van der Waals surface area contributed by atoms with E-state index in [1.54, 1.807) is 18.4 Å². The minimum atomic E-state index is -0.165. The lowest BCUT2D eigenvalue weighted by molar-refractivity contribution is -0.117. The highest BCUT2D eigenvalue weighted by molar-refractivity contribution is 7.17. The van der Waals surface area contributed by atoms with Gasteiger partial charge >= 0.3 is 0 Å². The van der Waals surface area contributed by atoms with Crippen LogP contribution in [0.3, 0.4) is 0 Å². The maximum atomic E-state index is 13.1. The summed E-state index contributed by atoms with van der Waals surface area (Å²) >= 11 is 1.55. The van der Waals surface area contributed by atoms with Gasteiger partial charge < -0.3 is 15.4 Å². The van der Waals surface area contributed by atoms with Crippen LogP contribution < -0.4 is 15.4 Å². The number of nitrogens with one attached hydrogen (secondary N) is 2. The van der Waals surface area contributed by atoms with Gasteiger partial charge in [0.2, 0.25) is 5.91 Å². The largest absolute Gasteiger partial charge is 0.497 e. The van der Waals surface area contributed by atoms with Crippen molar-refractivity contribution in [3.8, 4) is 5.75 Å². The summed E-state index contributed by atoms with van der Waals surface area (Å²) in [6, 6.07) is 7.27. The highest BCUT2D eigenvalue weighted by Gasteiger charge is 2.28. The fourth-order valence-corrected chi connectivity index (χ4v) is 5.70. The normalized spacial score (nSPS) is 18.7. The molecule has 2 heterocycles. The van der Waals surface area contributed by atoms with Crippen LogP contribution in [-0.4, -0.2) is 43.5 Å². The van der Waals surface area contributed by atoms with Crippen LogP contribution >= 0.6 is 11.3 Å². The summed E-state index contributed by atoms with van der Waals surface area (Å²) in [5, 5.41) is 6.70. The van der Waals surface area contributed by atoms with Crippen molar-refractivity contribution in [3.63, 3.8) is 0 Å². The Bertz CT molecular complexity index is 923. The molecule has 0 radical (unpaired) electrons. The van der Waals surface area contributed by atoms with Gasteiger partial charge in [-0.2, -0.15) is 0 Å². The van der Waals surface area contributed by atoms with E-state index in [2.05, 4.69) is 22.5 Å². The molecule has 0 bridgehead atoms. The number of ether oxygens (including phenoxy) is 1. The molecule has 160 valence electrons. The fraction of sp³-hybridized carbons (Fsp3) is 0.478. The zero-order chi connectivity index (χ0) is 21.1. The molecule has 2 amide bonds. The molecule has 1 fully saturated rings. The molecule has 2 N–H and O–H groups in total. The lowest BCUT2D eigenvalue weighted by Gasteiger charge is -2.30. The average Bonchev–Trinajstić information content (AvgIpc) is 3.29. The Hall–Kier alpha value is -2.38. The van der Waals surface area contributed by atoms with Crippen LogP contribution in [-0.2, 0) is 17.6 Å². The Balaban J connectivity index is 1.48. The number of piperidine rings is 1. The molecule has 4 rings (SSSR count). The maximum Gasteiger partial charge on any atom is 0.258 e. The van der Waals surface area contributed by atoms with Crippen molar-refractivity contribution < 1.29 is 14.3 Å². The second kappa shape index (κ2) is 9.18. The first-order chi connectivity index (χ1) is 14.5. The number of carbonyl (C=O) groups is 2. The zero-order valence-corrected chi connectivity index (χ0v) is 18.4. The minimum absolute atomic E-state index is 0.0393. The smallest absolute Gasteiger partial charge is 0.258 e. The highest BCUT2D eigenvalue weighted by atomic mass is 32.1. The number of carbonyl (C=O) groups excluding carboxylic acids is 2. The van der Waals surface area contributed by atoms with Gasteiger partial charge in [0.05, 0.1) is 19.2 Å². The first-order valence-electron chi connectivity index (χ1n) is 10.7. The predicted octanol–water partition coefficient (Wildman–Crippen LogP) is 4.17. The highest BCUT2D eigenvalue weighted by Crippen LogP contribution is 2.39. The SMILES string of the molecule is COc1ccc(NC(=O)c2c(NC(=O)CN3CCCC(C)C3)sc3c2CCC3)cc1. The number of hydrogen-bond acceptors (Lipinski definition) is 5. The molecule has 30 heavy (non-hydrogen) atoms. The van der Waals surface area contributed by atoms with Crippen LogP contribution in [0.4, 0.5) is 10.7 Å². The van der Waals surface area contributed by atoms with Gasteiger partial charge in [-0.05, 0) is 74.4 Å². The molecular formula is C23H29N3O3S. The second-order valence-electron chi connectivity index (χ2n) is 8.27. The van der Waals surface area contributed by atoms with Crippen LogP contribution in [0.25, 0.3) is 0 Å². The number of methoxy groups -OCH3 is 1. The summed E-state index contributed by atoms with van der Waals surface area (Å²) in [7, 11) is 1.61. The van der Waals surface area contributed by atoms with Crippen molar-refractivity contribution in [3.05, 3.63) is 40.3 Å². The van der Waals surface area contributed by atoms with Crippen molar-refractivity contribution in [1.29, 1.82) is 0 Å². The number of anilines is 2. The van der Waals surface area contributed by atoms with E-state index in [9.17, 15) is 9.59 Å². The molecule has 0 spiro atoms. The van der Waals surface area contributed by atoms with E-state index in [-0.39, 0.29) is 11.8 Å². The standard InChI is InChI=1S/C23H29N3O3S/c1-15-5-4-12-26(13-15)14-20(27)25-23-21(18-6-3-7-19(18)30-23)22(28)24-16-8-10-17(29-2)11-9-16/h8-11,15H,3-7,12-14H2,1-2H3,(H,24,28)(H,25,27). The Morgan fingerprint density at radius 2 is 1.97 bits per heavy atom. The monoisotopic (exact) mass is 427 g/mol. The molecule has 1 unspecified atom stereocenters. The van der Waals surface area contributed by atoms with Gasteiger partial charge in [0.15, 0.2) is 0 Å². The van der Waals surface area contributed by atoms with Gasteiger partial charge in [0.25, 0.3) is 5.91 Å². The Labute approximate surface area is 181 Å². The maximum absolute atomic E-state index is 13.1. The molecular weight excluding hydrogens is 398 g/mol. The Kier molecular flexibility index (Phi) is 6.39. The molecule has 2 aliphatic rings. The van der Waals surface area contributed by atoms with Crippen LogP contribution in [0.1, 0.15) is 47.0 Å². The van der Waals surface area contributed by atoms with E-state index in [0.29, 0.717) is 28.7 Å². The molecule has 6 nitrogen and oxygen atoms in total. The van der Waals surface area contributed by atoms with Crippen molar-refractivity contribution in [2.24, 2.45) is 5.92 Å². The quantitative estimate of drug-likeness (QED) is 0.726. The van der Waals surface area contributed by atoms with E-state index < -0.39 is 0 Å². The number of aryl methyl sites for hydroxylation is 1. The third-order valence-corrected chi connectivity index (χ3v) is 7.06. The summed E-state index contributed by atoms with van der Waals surface area (Å²) < 4.78 is 5.18. The first kappa shape index (κ1) is 20.9. The Morgan fingerprint density at radius 3 is 2.70 bits per heavy atom. The molecule has 1 atom stereocenters. The number of thiophene rings is 1. The van der Waals surface area contributed by atoms with Crippen molar-refractivity contribution in [2.75, 3.05) is 37.4 Å². The molecule has 1 aromatic heterocycles. The average molecular weight is 428 g/mol. The van der Waals surface area contributed by atoms with E-state index in [4.69, 9.17) is 4.74 Å². The van der Waals surface area contributed by atoms with Gasteiger partial charge in [-0.25, -0.2) is 0 Å². The van der Waals surface area contributed by atoms with Gasteiger partial charge in [-0.3, -0.25) is 14.5 Å². The molecule has 1 saturated heterocycles. The topological polar surface area (TPSA) is 70.7 Å². The summed E-state index contributed by atoms with van der Waals surface area (Å²) in [5.74, 6) is 1.16. The van der Waals surface area contributed by atoms with Gasteiger partial charge in [-0.15, -0.1) is 11.3 Å². The number of hydrogen-bond donors (Lipinski definition) is 2. The van der Waals surface area contributed by atoms with Crippen LogP contribution in [0.15, 0.2) is 24.3 Å². The van der Waals surface area contributed by atoms with Gasteiger partial charge in [0.1, 0.15) is 10.8 Å². The van der Waals surface area contributed by atoms with E-state index in [1.807, 2.05) is 24.3 Å². The van der Waals surface area contributed by atoms with E-state index >= 15 is 0 Å². The lowest BCUT2D eigenvalue weighted by atomic mass is 10.0. The number of nitrogens with zero attached hydrogens (tertiary/aromatic N) is 1. The molecule has 0 saturated carbocycles. The molecule has 1 aliphatic heterocycles. The molecule has 1 aliphatic carbocycles. The lowest BCUT2D eigenvalue weighted by Crippen LogP contribution is -2.39. The number of rotatable bonds is 6. The summed E-state index contributed by atoms with van der Waals surface area (Å²) in [6.45, 7) is 4.53. The fourth-order valence-electron chi connectivity index (χ4n) is 4.40. The first-order valence-corrected chi connectivity index (χ1v) is 11.5. The van der Waals surface area contributed by atoms with Crippen LogP contribution in [0.2, 0.25) is 0 Å². The van der Waals surface area contributed by atoms with Gasteiger partial charge in [0, 0.05) is 17.1 Å². The summed E-state index contributed by atoms with van der Waals surface area (Å²) in [6.07, 6.45) is 5.28. The Morgan fingerprint density at radius 1 is 1.17 bits per heavy atom. The third kappa shape index (κ3) is 4.68. The van der Waals surface area contributed by atoms with Gasteiger partial charge in [-0.1, -0.05) is 6.92 Å². The van der Waals surface area contributed by atoms with E-state index in [1.165, 1.54) is 11.3 Å². The van der Waals surface area contributed by atoms with Crippen LogP contribution in [0, 0.1) is 5.92 Å². The predicted molar refractivity (Wildman–Crippen MR) is 121 cm³/mol.